The Morgan fingerprint density at radius 3 is 2.59 bits per heavy atom. The first-order valence-corrected chi connectivity index (χ1v) is 6.89. The number of hydrogen-bond donors (Lipinski definition) is 2. The number of anilines is 1. The average molecular weight is 303 g/mol. The highest BCUT2D eigenvalue weighted by atomic mass is 19.1. The van der Waals surface area contributed by atoms with E-state index in [4.69, 9.17) is 5.11 Å². The first-order valence-electron chi connectivity index (χ1n) is 6.89. The van der Waals surface area contributed by atoms with E-state index < -0.39 is 5.97 Å². The number of aromatic nitrogens is 2. The molecule has 0 bridgehead atoms. The van der Waals surface area contributed by atoms with Crippen molar-refractivity contribution in [1.29, 1.82) is 0 Å². The first-order chi connectivity index (χ1) is 10.5. The summed E-state index contributed by atoms with van der Waals surface area (Å²) in [6.07, 6.45) is 1.70. The van der Waals surface area contributed by atoms with Crippen LogP contribution in [-0.2, 0) is 11.3 Å². The molecule has 6 nitrogen and oxygen atoms in total. The third kappa shape index (κ3) is 3.13. The number of carbonyl (C=O) groups excluding carboxylic acids is 1. The highest BCUT2D eigenvalue weighted by Crippen LogP contribution is 2.30. The summed E-state index contributed by atoms with van der Waals surface area (Å²) in [7, 11) is 0. The van der Waals surface area contributed by atoms with E-state index in [9.17, 15) is 14.0 Å². The fourth-order valence-corrected chi connectivity index (χ4v) is 2.08. The van der Waals surface area contributed by atoms with Gasteiger partial charge >= 0.3 is 5.97 Å². The van der Waals surface area contributed by atoms with Crippen LogP contribution in [0.4, 0.5) is 10.2 Å². The number of carbonyl (C=O) groups is 2. The molecule has 2 N–H and O–H groups in total. The highest BCUT2D eigenvalue weighted by molar-refractivity contribution is 5.94. The van der Waals surface area contributed by atoms with Gasteiger partial charge in [0.25, 0.3) is 0 Å². The summed E-state index contributed by atoms with van der Waals surface area (Å²) < 4.78 is 14.3. The summed E-state index contributed by atoms with van der Waals surface area (Å²) in [6, 6.07) is 7.14. The summed E-state index contributed by atoms with van der Waals surface area (Å²) in [5.74, 6) is -1.31. The zero-order valence-electron chi connectivity index (χ0n) is 11.6. The molecule has 0 atom stereocenters. The van der Waals surface area contributed by atoms with Crippen LogP contribution in [0.1, 0.15) is 28.9 Å². The maximum Gasteiger partial charge on any atom is 0.356 e. The zero-order chi connectivity index (χ0) is 15.7. The second kappa shape index (κ2) is 5.59. The number of benzene rings is 1. The van der Waals surface area contributed by atoms with Crippen molar-refractivity contribution in [2.45, 2.75) is 19.4 Å². The van der Waals surface area contributed by atoms with Gasteiger partial charge in [-0.25, -0.2) is 13.9 Å². The summed E-state index contributed by atoms with van der Waals surface area (Å²) in [5, 5.41) is 15.7. The topological polar surface area (TPSA) is 84.2 Å². The Balaban J connectivity index is 1.85. The molecule has 0 saturated heterocycles. The Morgan fingerprint density at radius 1 is 1.32 bits per heavy atom. The van der Waals surface area contributed by atoms with Crippen LogP contribution in [0.15, 0.2) is 30.3 Å². The molecule has 0 unspecified atom stereocenters. The number of nitrogens with one attached hydrogen (secondary N) is 1. The smallest absolute Gasteiger partial charge is 0.356 e. The predicted octanol–water partition coefficient (Wildman–Crippen LogP) is 2.12. The number of aromatic carboxylic acids is 1. The van der Waals surface area contributed by atoms with Crippen LogP contribution < -0.4 is 5.32 Å². The van der Waals surface area contributed by atoms with E-state index >= 15 is 0 Å². The number of amides is 1. The molecule has 1 aromatic heterocycles. The normalized spacial score (nSPS) is 13.9. The molecule has 114 valence electrons. The molecule has 1 fully saturated rings. The summed E-state index contributed by atoms with van der Waals surface area (Å²) >= 11 is 0. The van der Waals surface area contributed by atoms with Gasteiger partial charge in [-0.05, 0) is 30.5 Å². The van der Waals surface area contributed by atoms with Crippen LogP contribution in [0.25, 0.3) is 0 Å². The van der Waals surface area contributed by atoms with Crippen molar-refractivity contribution >= 4 is 17.7 Å². The molecule has 1 aliphatic rings. The molecule has 1 heterocycles. The number of nitrogens with zero attached hydrogens (tertiary/aromatic N) is 2. The van der Waals surface area contributed by atoms with Gasteiger partial charge in [0.05, 0.1) is 6.54 Å². The third-order valence-corrected chi connectivity index (χ3v) is 3.44. The molecule has 22 heavy (non-hydrogen) atoms. The van der Waals surface area contributed by atoms with E-state index in [-0.39, 0.29) is 29.9 Å². The third-order valence-electron chi connectivity index (χ3n) is 3.44. The van der Waals surface area contributed by atoms with Crippen molar-refractivity contribution in [2.24, 2.45) is 5.92 Å². The minimum Gasteiger partial charge on any atom is -0.476 e. The summed E-state index contributed by atoms with van der Waals surface area (Å²) in [6.45, 7) is 0.244. The molecule has 0 aliphatic heterocycles. The Bertz CT molecular complexity index is 720. The van der Waals surface area contributed by atoms with Gasteiger partial charge in [-0.3, -0.25) is 4.79 Å². The van der Waals surface area contributed by atoms with Crippen molar-refractivity contribution in [2.75, 3.05) is 5.32 Å². The average Bonchev–Trinajstić information content (AvgIpc) is 3.25. The fourth-order valence-electron chi connectivity index (χ4n) is 2.08. The van der Waals surface area contributed by atoms with E-state index in [2.05, 4.69) is 10.4 Å². The fraction of sp³-hybridized carbons (Fsp3) is 0.267. The molecule has 1 aliphatic carbocycles. The Kier molecular flexibility index (Phi) is 3.62. The van der Waals surface area contributed by atoms with Gasteiger partial charge in [0, 0.05) is 12.0 Å². The number of halogens is 1. The Hall–Kier alpha value is -2.70. The van der Waals surface area contributed by atoms with Crippen LogP contribution in [0, 0.1) is 11.7 Å². The lowest BCUT2D eigenvalue weighted by Gasteiger charge is -2.08. The molecule has 1 amide bonds. The molecule has 3 rings (SSSR count). The van der Waals surface area contributed by atoms with E-state index in [1.54, 1.807) is 12.1 Å². The molecular formula is C15H14FN3O3. The lowest BCUT2D eigenvalue weighted by molar-refractivity contribution is -0.117. The second-order valence-electron chi connectivity index (χ2n) is 5.27. The zero-order valence-corrected chi connectivity index (χ0v) is 11.6. The monoisotopic (exact) mass is 303 g/mol. The second-order valence-corrected chi connectivity index (χ2v) is 5.27. The molecular weight excluding hydrogens is 289 g/mol. The van der Waals surface area contributed by atoms with Crippen LogP contribution >= 0.6 is 0 Å². The van der Waals surface area contributed by atoms with Crippen LogP contribution in [-0.4, -0.2) is 26.8 Å². The standard InChI is InChI=1S/C15H14FN3O3/c16-11-5-1-9(2-6-11)8-19-13(7-12(18-19)15(21)22)17-14(20)10-3-4-10/h1-2,5-7,10H,3-4,8H2,(H,17,20)(H,21,22). The van der Waals surface area contributed by atoms with Gasteiger partial charge in [-0.2, -0.15) is 5.10 Å². The quantitative estimate of drug-likeness (QED) is 0.886. The molecule has 2 aromatic rings. The number of rotatable bonds is 5. The first kappa shape index (κ1) is 14.2. The van der Waals surface area contributed by atoms with Crippen molar-refractivity contribution in [3.63, 3.8) is 0 Å². The number of carboxylic acids is 1. The molecule has 7 heteroatoms. The van der Waals surface area contributed by atoms with Gasteiger partial charge in [0.2, 0.25) is 5.91 Å². The van der Waals surface area contributed by atoms with Crippen LogP contribution in [0.3, 0.4) is 0 Å². The van der Waals surface area contributed by atoms with E-state index in [0.717, 1.165) is 18.4 Å². The summed E-state index contributed by atoms with van der Waals surface area (Å²) in [5.41, 5.74) is 0.608. The van der Waals surface area contributed by atoms with Gasteiger partial charge < -0.3 is 10.4 Å². The maximum atomic E-state index is 12.9. The van der Waals surface area contributed by atoms with Gasteiger partial charge in [0.15, 0.2) is 5.69 Å². The maximum absolute atomic E-state index is 12.9. The Morgan fingerprint density at radius 2 is 2.00 bits per heavy atom. The summed E-state index contributed by atoms with van der Waals surface area (Å²) in [4.78, 5) is 22.9. The van der Waals surface area contributed by atoms with Crippen molar-refractivity contribution in [3.05, 3.63) is 47.4 Å². The predicted molar refractivity (Wildman–Crippen MR) is 76.0 cm³/mol. The molecule has 0 radical (unpaired) electrons. The van der Waals surface area contributed by atoms with E-state index in [0.29, 0.717) is 5.82 Å². The van der Waals surface area contributed by atoms with Gasteiger partial charge in [-0.15, -0.1) is 0 Å². The minimum absolute atomic E-state index is 0.00227. The SMILES string of the molecule is O=C(O)c1cc(NC(=O)C2CC2)n(Cc2ccc(F)cc2)n1. The number of carboxylic acid groups (broad SMARTS) is 1. The van der Waals surface area contributed by atoms with Crippen molar-refractivity contribution in [3.8, 4) is 0 Å². The van der Waals surface area contributed by atoms with Gasteiger partial charge in [-0.1, -0.05) is 12.1 Å². The molecule has 1 saturated carbocycles. The van der Waals surface area contributed by atoms with Crippen molar-refractivity contribution in [1.82, 2.24) is 9.78 Å². The lowest BCUT2D eigenvalue weighted by Crippen LogP contribution is -2.17. The van der Waals surface area contributed by atoms with Crippen molar-refractivity contribution < 1.29 is 19.1 Å². The van der Waals surface area contributed by atoms with E-state index in [1.165, 1.54) is 22.9 Å². The molecule has 0 spiro atoms. The molecule has 1 aromatic carbocycles. The minimum atomic E-state index is -1.17. The lowest BCUT2D eigenvalue weighted by atomic mass is 10.2. The van der Waals surface area contributed by atoms with Crippen LogP contribution in [0.5, 0.6) is 0 Å². The number of hydrogen-bond acceptors (Lipinski definition) is 3. The highest BCUT2D eigenvalue weighted by Gasteiger charge is 2.30. The van der Waals surface area contributed by atoms with Gasteiger partial charge in [0.1, 0.15) is 11.6 Å². The van der Waals surface area contributed by atoms with Crippen LogP contribution in [0.2, 0.25) is 0 Å². The largest absolute Gasteiger partial charge is 0.476 e. The Labute approximate surface area is 125 Å². The van der Waals surface area contributed by atoms with E-state index in [1.807, 2.05) is 0 Å².